The molecule has 1 aromatic heterocycles. The zero-order chi connectivity index (χ0) is 21.6. The van der Waals surface area contributed by atoms with Crippen LogP contribution in [0.3, 0.4) is 0 Å². The predicted molar refractivity (Wildman–Crippen MR) is 108 cm³/mol. The lowest BCUT2D eigenvalue weighted by atomic mass is 9.88. The maximum Gasteiger partial charge on any atom is 0.258 e. The van der Waals surface area contributed by atoms with Gasteiger partial charge in [-0.2, -0.15) is 0 Å². The van der Waals surface area contributed by atoms with Crippen molar-refractivity contribution in [1.82, 2.24) is 14.8 Å². The highest BCUT2D eigenvalue weighted by atomic mass is 19.1. The number of likely N-dealkylation sites (N-methyl/N-ethyl adjacent to an activating group) is 1. The first-order valence-electron chi connectivity index (χ1n) is 10.1. The Balaban J connectivity index is 1.80. The normalized spacial score (nSPS) is 24.5. The molecule has 4 rings (SSSR count). The Labute approximate surface area is 173 Å². The molecule has 2 aliphatic rings. The summed E-state index contributed by atoms with van der Waals surface area (Å²) in [4.78, 5) is 39.9. The quantitative estimate of drug-likeness (QED) is 0.791. The van der Waals surface area contributed by atoms with E-state index in [9.17, 15) is 23.9 Å². The molecule has 0 spiro atoms. The van der Waals surface area contributed by atoms with Gasteiger partial charge in [-0.05, 0) is 36.8 Å². The molecule has 0 aliphatic carbocycles. The van der Waals surface area contributed by atoms with Crippen molar-refractivity contribution in [1.29, 1.82) is 0 Å². The molecule has 0 radical (unpaired) electrons. The minimum atomic E-state index is -0.783. The highest BCUT2D eigenvalue weighted by Gasteiger charge is 2.56. The fourth-order valence-corrected chi connectivity index (χ4v) is 5.00. The number of nitrogens with one attached hydrogen (secondary N) is 1. The number of benzene rings is 1. The molecule has 1 saturated heterocycles. The molecule has 0 bridgehead atoms. The van der Waals surface area contributed by atoms with Crippen LogP contribution in [-0.2, 0) is 16.1 Å². The maximum absolute atomic E-state index is 13.6. The molecule has 1 fully saturated rings. The summed E-state index contributed by atoms with van der Waals surface area (Å²) in [7, 11) is 0. The Hall–Kier alpha value is -3.00. The molecule has 8 heteroatoms. The van der Waals surface area contributed by atoms with E-state index in [2.05, 4.69) is 5.32 Å². The number of hydrogen-bond acceptors (Lipinski definition) is 4. The molecular formula is C22H24FN3O4. The van der Waals surface area contributed by atoms with Crippen molar-refractivity contribution in [3.8, 4) is 11.1 Å². The van der Waals surface area contributed by atoms with E-state index < -0.39 is 23.8 Å². The molecule has 2 N–H and O–H groups in total. The maximum atomic E-state index is 13.6. The lowest BCUT2D eigenvalue weighted by Gasteiger charge is -2.30. The first kappa shape index (κ1) is 20.3. The first-order valence-corrected chi connectivity index (χ1v) is 10.1. The molecule has 1 aromatic carbocycles. The number of fused-ring (bicyclic) bond motifs is 3. The number of carbonyl (C=O) groups excluding carboxylic acids is 2. The number of aliphatic hydroxyl groups excluding tert-OH is 1. The lowest BCUT2D eigenvalue weighted by Crippen LogP contribution is -2.49. The number of amides is 2. The minimum absolute atomic E-state index is 0.262. The van der Waals surface area contributed by atoms with Crippen molar-refractivity contribution >= 4 is 11.8 Å². The Bertz CT molecular complexity index is 1070. The van der Waals surface area contributed by atoms with E-state index >= 15 is 0 Å². The molecular weight excluding hydrogens is 389 g/mol. The van der Waals surface area contributed by atoms with Crippen LogP contribution >= 0.6 is 0 Å². The van der Waals surface area contributed by atoms with Gasteiger partial charge in [0.15, 0.2) is 0 Å². The zero-order valence-electron chi connectivity index (χ0n) is 16.8. The van der Waals surface area contributed by atoms with E-state index in [1.165, 1.54) is 24.0 Å². The van der Waals surface area contributed by atoms with E-state index in [4.69, 9.17) is 0 Å². The van der Waals surface area contributed by atoms with Gasteiger partial charge in [-0.1, -0.05) is 12.1 Å². The second kappa shape index (κ2) is 7.68. The van der Waals surface area contributed by atoms with Crippen molar-refractivity contribution in [2.24, 2.45) is 11.8 Å². The largest absolute Gasteiger partial charge is 0.396 e. The molecule has 2 amide bonds. The Morgan fingerprint density at radius 3 is 2.67 bits per heavy atom. The molecule has 2 aliphatic heterocycles. The number of nitrogens with zero attached hydrogens (tertiary/aromatic N) is 2. The zero-order valence-corrected chi connectivity index (χ0v) is 16.8. The van der Waals surface area contributed by atoms with E-state index in [0.717, 1.165) is 0 Å². The number of aliphatic hydroxyl groups is 1. The number of rotatable bonds is 4. The van der Waals surface area contributed by atoms with E-state index in [-0.39, 0.29) is 36.4 Å². The topological polar surface area (TPSA) is 91.6 Å². The van der Waals surface area contributed by atoms with Crippen LogP contribution in [0.5, 0.6) is 0 Å². The van der Waals surface area contributed by atoms with E-state index in [1.807, 2.05) is 0 Å². The fourth-order valence-electron chi connectivity index (χ4n) is 5.00. The third-order valence-electron chi connectivity index (χ3n) is 6.19. The van der Waals surface area contributed by atoms with Crippen molar-refractivity contribution < 1.29 is 19.1 Å². The van der Waals surface area contributed by atoms with Crippen LogP contribution in [0.2, 0.25) is 0 Å². The number of hydrogen-bond donors (Lipinski definition) is 2. The monoisotopic (exact) mass is 413 g/mol. The first-order chi connectivity index (χ1) is 14.4. The highest BCUT2D eigenvalue weighted by molar-refractivity contribution is 5.88. The summed E-state index contributed by atoms with van der Waals surface area (Å²) in [6.45, 7) is 3.62. The number of aromatic nitrogens is 1. The SMILES string of the molecule is CCNC(=O)[C@H]1[C@H](CO)[C@H]2Cn3c(ccc(-c4cccc(F)c4)c3=O)[C@H]2N1C(C)=O. The van der Waals surface area contributed by atoms with Crippen LogP contribution in [0.4, 0.5) is 4.39 Å². The number of likely N-dealkylation sites (tertiary alicyclic amines) is 1. The van der Waals surface area contributed by atoms with Gasteiger partial charge in [0.25, 0.3) is 5.56 Å². The van der Waals surface area contributed by atoms with Gasteiger partial charge in [-0.15, -0.1) is 0 Å². The average molecular weight is 413 g/mol. The van der Waals surface area contributed by atoms with Gasteiger partial charge in [-0.3, -0.25) is 14.4 Å². The van der Waals surface area contributed by atoms with Crippen LogP contribution in [0.25, 0.3) is 11.1 Å². The van der Waals surface area contributed by atoms with Gasteiger partial charge >= 0.3 is 0 Å². The third kappa shape index (κ3) is 3.02. The average Bonchev–Trinajstić information content (AvgIpc) is 3.23. The standard InChI is InChI=1S/C22H24FN3O4/c1-3-24-21(29)20-17(11-27)16-10-25-18(19(16)26(20)12(2)28)8-7-15(22(25)30)13-5-4-6-14(23)9-13/h4-9,16-17,19-20,27H,3,10-11H2,1-2H3,(H,24,29)/t16-,17-,19+,20-/m1/s1. The summed E-state index contributed by atoms with van der Waals surface area (Å²) < 4.78 is 15.2. The summed E-state index contributed by atoms with van der Waals surface area (Å²) in [6, 6.07) is 7.99. The number of halogens is 1. The summed E-state index contributed by atoms with van der Waals surface area (Å²) in [5, 5.41) is 12.8. The van der Waals surface area contributed by atoms with Gasteiger partial charge in [0.05, 0.1) is 6.04 Å². The summed E-state index contributed by atoms with van der Waals surface area (Å²) >= 11 is 0. The minimum Gasteiger partial charge on any atom is -0.396 e. The Morgan fingerprint density at radius 1 is 1.27 bits per heavy atom. The second-order valence-corrected chi connectivity index (χ2v) is 7.82. The van der Waals surface area contributed by atoms with Gasteiger partial charge < -0.3 is 19.9 Å². The summed E-state index contributed by atoms with van der Waals surface area (Å²) in [5.74, 6) is -1.76. The number of pyridine rings is 1. The van der Waals surface area contributed by atoms with Crippen molar-refractivity contribution in [2.75, 3.05) is 13.2 Å². The molecule has 2 aromatic rings. The lowest BCUT2D eigenvalue weighted by molar-refractivity contribution is -0.140. The second-order valence-electron chi connectivity index (χ2n) is 7.82. The van der Waals surface area contributed by atoms with Crippen molar-refractivity contribution in [3.05, 3.63) is 58.3 Å². The molecule has 4 atom stereocenters. The molecule has 158 valence electrons. The van der Waals surface area contributed by atoms with Crippen molar-refractivity contribution in [3.63, 3.8) is 0 Å². The van der Waals surface area contributed by atoms with Gasteiger partial charge in [0, 0.05) is 49.7 Å². The fraction of sp³-hybridized carbons (Fsp3) is 0.409. The smallest absolute Gasteiger partial charge is 0.258 e. The molecule has 0 saturated carbocycles. The van der Waals surface area contributed by atoms with Crippen LogP contribution in [-0.4, -0.2) is 45.6 Å². The van der Waals surface area contributed by atoms with Crippen LogP contribution < -0.4 is 10.9 Å². The molecule has 3 heterocycles. The predicted octanol–water partition coefficient (Wildman–Crippen LogP) is 1.30. The summed E-state index contributed by atoms with van der Waals surface area (Å²) in [6.07, 6.45) is 0. The molecule has 7 nitrogen and oxygen atoms in total. The van der Waals surface area contributed by atoms with Crippen LogP contribution in [0, 0.1) is 17.7 Å². The molecule has 0 unspecified atom stereocenters. The van der Waals surface area contributed by atoms with Crippen molar-refractivity contribution in [2.45, 2.75) is 32.5 Å². The van der Waals surface area contributed by atoms with Crippen LogP contribution in [0.1, 0.15) is 25.6 Å². The van der Waals surface area contributed by atoms with E-state index in [1.54, 1.807) is 35.8 Å². The summed E-state index contributed by atoms with van der Waals surface area (Å²) in [5.41, 5.74) is 1.20. The van der Waals surface area contributed by atoms with Crippen LogP contribution in [0.15, 0.2) is 41.2 Å². The highest BCUT2D eigenvalue weighted by Crippen LogP contribution is 2.49. The van der Waals surface area contributed by atoms with Gasteiger partial charge in [0.2, 0.25) is 11.8 Å². The Morgan fingerprint density at radius 2 is 2.03 bits per heavy atom. The van der Waals surface area contributed by atoms with Gasteiger partial charge in [0.1, 0.15) is 11.9 Å². The van der Waals surface area contributed by atoms with E-state index in [0.29, 0.717) is 23.4 Å². The van der Waals surface area contributed by atoms with Gasteiger partial charge in [-0.25, -0.2) is 4.39 Å². The number of carbonyl (C=O) groups is 2. The third-order valence-corrected chi connectivity index (χ3v) is 6.19. The molecule has 30 heavy (non-hydrogen) atoms. The Kier molecular flexibility index (Phi) is 5.19.